The molecule has 0 N–H and O–H groups in total. The molecule has 0 radical (unpaired) electrons. The van der Waals surface area contributed by atoms with Crippen LogP contribution in [0.5, 0.6) is 5.75 Å². The normalized spacial score (nSPS) is 13.2. The second-order valence-corrected chi connectivity index (χ2v) is 3.48. The van der Waals surface area contributed by atoms with Crippen LogP contribution < -0.4 is 4.74 Å². The van der Waals surface area contributed by atoms with Crippen LogP contribution in [0, 0.1) is 0 Å². The molecule has 2 rings (SSSR count). The molecule has 1 aliphatic rings. The maximum atomic E-state index is 11.2. The van der Waals surface area contributed by atoms with E-state index in [1.54, 1.807) is 12.1 Å². The van der Waals surface area contributed by atoms with E-state index < -0.39 is 0 Å². The van der Waals surface area contributed by atoms with Crippen molar-refractivity contribution in [3.63, 3.8) is 0 Å². The summed E-state index contributed by atoms with van der Waals surface area (Å²) in [6.45, 7) is 0.143. The van der Waals surface area contributed by atoms with Crippen molar-refractivity contribution in [2.24, 2.45) is 0 Å². The van der Waals surface area contributed by atoms with E-state index in [-0.39, 0.29) is 24.8 Å². The monoisotopic (exact) mass is 236 g/mol. The van der Waals surface area contributed by atoms with E-state index in [0.717, 1.165) is 15.9 Å². The second-order valence-electron chi connectivity index (χ2n) is 2.42. The first-order valence-electron chi connectivity index (χ1n) is 3.40. The van der Waals surface area contributed by atoms with Crippen LogP contribution in [0.15, 0.2) is 23.1 Å². The van der Waals surface area contributed by atoms with Gasteiger partial charge in [-0.1, -0.05) is 6.07 Å². The molecule has 0 atom stereocenters. The average Bonchev–Trinajstić information content (AvgIpc) is 2.48. The molecule has 13 heavy (non-hydrogen) atoms. The van der Waals surface area contributed by atoms with Crippen LogP contribution in [0.2, 0.25) is 0 Å². The van der Waals surface area contributed by atoms with Gasteiger partial charge in [-0.25, -0.2) is 0 Å². The highest BCUT2D eigenvalue weighted by atomic mass is 35.7. The van der Waals surface area contributed by atoms with E-state index in [1.807, 2.05) is 6.07 Å². The molecular formula is C8H6Cl2O2S. The van der Waals surface area contributed by atoms with Crippen LogP contribution in [-0.4, -0.2) is 12.4 Å². The Morgan fingerprint density at radius 1 is 1.46 bits per heavy atom. The number of ether oxygens (including phenoxy) is 1. The Morgan fingerprint density at radius 2 is 2.23 bits per heavy atom. The van der Waals surface area contributed by atoms with Gasteiger partial charge in [0, 0.05) is 0 Å². The van der Waals surface area contributed by atoms with Crippen molar-refractivity contribution < 1.29 is 9.53 Å². The van der Waals surface area contributed by atoms with E-state index in [1.165, 1.54) is 0 Å². The van der Waals surface area contributed by atoms with Crippen molar-refractivity contribution in [2.45, 2.75) is 4.90 Å². The molecule has 0 saturated heterocycles. The van der Waals surface area contributed by atoms with Crippen LogP contribution in [0.4, 0.5) is 0 Å². The fraction of sp³-hybridized carbons (Fsp3) is 0.125. The highest BCUT2D eigenvalue weighted by molar-refractivity contribution is 8.21. The summed E-state index contributed by atoms with van der Waals surface area (Å²) in [4.78, 5) is 12.0. The Balaban J connectivity index is 0.000000845. The molecule has 1 heterocycles. The zero-order valence-electron chi connectivity index (χ0n) is 6.45. The molecule has 1 aromatic carbocycles. The molecule has 0 unspecified atom stereocenters. The number of hydrogen-bond donors (Lipinski definition) is 0. The first-order chi connectivity index (χ1) is 5.83. The minimum absolute atomic E-state index is 0. The van der Waals surface area contributed by atoms with E-state index in [4.69, 9.17) is 15.4 Å². The molecule has 1 aliphatic heterocycles. The largest absolute Gasteiger partial charge is 0.483 e. The summed E-state index contributed by atoms with van der Waals surface area (Å²) in [6, 6.07) is 5.38. The van der Waals surface area contributed by atoms with Gasteiger partial charge in [0.1, 0.15) is 5.75 Å². The summed E-state index contributed by atoms with van der Waals surface area (Å²) < 4.78 is 5.18. The van der Waals surface area contributed by atoms with Crippen LogP contribution in [-0.2, 0) is 0 Å². The standard InChI is InChI=1S/C8H5ClO2S.ClH/c9-12-7-3-1-2-5-6(10)4-11-8(5)7;/h1-3H,4H2;1H. The van der Waals surface area contributed by atoms with Gasteiger partial charge < -0.3 is 4.74 Å². The van der Waals surface area contributed by atoms with Gasteiger partial charge in [-0.2, -0.15) is 0 Å². The lowest BCUT2D eigenvalue weighted by atomic mass is 10.1. The summed E-state index contributed by atoms with van der Waals surface area (Å²) in [6.07, 6.45) is 0. The molecular weight excluding hydrogens is 231 g/mol. The zero-order chi connectivity index (χ0) is 8.55. The minimum atomic E-state index is 0. The summed E-state index contributed by atoms with van der Waals surface area (Å²) >= 11 is 0. The van der Waals surface area contributed by atoms with Crippen molar-refractivity contribution in [2.75, 3.05) is 6.61 Å². The molecule has 0 aromatic heterocycles. The van der Waals surface area contributed by atoms with Gasteiger partial charge in [0.15, 0.2) is 6.61 Å². The van der Waals surface area contributed by atoms with Gasteiger partial charge in [0.25, 0.3) is 0 Å². The Hall–Kier alpha value is -0.380. The lowest BCUT2D eigenvalue weighted by molar-refractivity contribution is 0.0960. The Bertz CT molecular complexity index is 341. The maximum Gasteiger partial charge on any atom is 0.203 e. The number of ketones is 1. The van der Waals surface area contributed by atoms with Crippen LogP contribution in [0.25, 0.3) is 0 Å². The molecule has 0 spiro atoms. The summed E-state index contributed by atoms with van der Waals surface area (Å²) in [5.74, 6) is 0.653. The number of halogens is 2. The number of carbonyl (C=O) groups excluding carboxylic acids is 1. The Morgan fingerprint density at radius 3 is 2.92 bits per heavy atom. The highest BCUT2D eigenvalue weighted by Gasteiger charge is 2.23. The molecule has 5 heteroatoms. The number of fused-ring (bicyclic) bond motifs is 1. The fourth-order valence-corrected chi connectivity index (χ4v) is 1.89. The zero-order valence-corrected chi connectivity index (χ0v) is 8.84. The second kappa shape index (κ2) is 4.22. The molecule has 0 amide bonds. The molecule has 0 saturated carbocycles. The fourth-order valence-electron chi connectivity index (χ4n) is 1.16. The van der Waals surface area contributed by atoms with Crippen LogP contribution in [0.1, 0.15) is 10.4 Å². The third-order valence-corrected chi connectivity index (χ3v) is 2.70. The highest BCUT2D eigenvalue weighted by Crippen LogP contribution is 2.37. The van der Waals surface area contributed by atoms with E-state index >= 15 is 0 Å². The Labute approximate surface area is 90.5 Å². The third-order valence-electron chi connectivity index (χ3n) is 1.71. The number of benzene rings is 1. The maximum absolute atomic E-state index is 11.2. The molecule has 1 aromatic rings. The smallest absolute Gasteiger partial charge is 0.203 e. The van der Waals surface area contributed by atoms with Gasteiger partial charge >= 0.3 is 0 Å². The lowest BCUT2D eigenvalue weighted by Crippen LogP contribution is -1.98. The number of rotatable bonds is 1. The quantitative estimate of drug-likeness (QED) is 0.751. The predicted molar refractivity (Wildman–Crippen MR) is 55.2 cm³/mol. The number of hydrogen-bond acceptors (Lipinski definition) is 3. The lowest BCUT2D eigenvalue weighted by Gasteiger charge is -2.00. The van der Waals surface area contributed by atoms with Crippen LogP contribution in [0.3, 0.4) is 0 Å². The summed E-state index contributed by atoms with van der Waals surface area (Å²) in [7, 11) is 6.65. The van der Waals surface area contributed by atoms with Crippen molar-refractivity contribution >= 4 is 39.8 Å². The van der Waals surface area contributed by atoms with E-state index in [2.05, 4.69) is 0 Å². The summed E-state index contributed by atoms with van der Waals surface area (Å²) in [5.41, 5.74) is 0.639. The Kier molecular flexibility index (Phi) is 3.47. The SMILES string of the molecule is Cl.O=C1COc2c(SCl)cccc21. The first kappa shape index (κ1) is 10.7. The van der Waals surface area contributed by atoms with Gasteiger partial charge in [0.05, 0.1) is 10.5 Å². The summed E-state index contributed by atoms with van der Waals surface area (Å²) in [5, 5.41) is 0. The minimum Gasteiger partial charge on any atom is -0.483 e. The van der Waals surface area contributed by atoms with Gasteiger partial charge in [-0.3, -0.25) is 4.79 Å². The van der Waals surface area contributed by atoms with Crippen molar-refractivity contribution in [3.05, 3.63) is 23.8 Å². The molecule has 70 valence electrons. The van der Waals surface area contributed by atoms with Crippen molar-refractivity contribution in [1.82, 2.24) is 0 Å². The van der Waals surface area contributed by atoms with E-state index in [9.17, 15) is 4.79 Å². The van der Waals surface area contributed by atoms with Gasteiger partial charge in [0.2, 0.25) is 5.78 Å². The average molecular weight is 237 g/mol. The van der Waals surface area contributed by atoms with Crippen molar-refractivity contribution in [1.29, 1.82) is 0 Å². The number of Topliss-reactive ketones (excluding diaryl/α,β-unsaturated/α-hetero) is 1. The topological polar surface area (TPSA) is 26.3 Å². The molecule has 2 nitrogen and oxygen atoms in total. The first-order valence-corrected chi connectivity index (χ1v) is 5.05. The van der Waals surface area contributed by atoms with E-state index in [0.29, 0.717) is 11.3 Å². The predicted octanol–water partition coefficient (Wildman–Crippen LogP) is 2.93. The molecule has 0 bridgehead atoms. The van der Waals surface area contributed by atoms with Gasteiger partial charge in [-0.05, 0) is 33.8 Å². The molecule has 0 aliphatic carbocycles. The number of carbonyl (C=O) groups is 1. The molecule has 0 fully saturated rings. The van der Waals surface area contributed by atoms with Crippen molar-refractivity contribution in [3.8, 4) is 5.75 Å². The van der Waals surface area contributed by atoms with Crippen LogP contribution >= 0.6 is 34.1 Å². The number of para-hydroxylation sites is 1. The van der Waals surface area contributed by atoms with Gasteiger partial charge in [-0.15, -0.1) is 12.4 Å². The third kappa shape index (κ3) is 1.77.